The van der Waals surface area contributed by atoms with Crippen molar-refractivity contribution < 1.29 is 23.1 Å². The molecule has 1 fully saturated rings. The zero-order valence-corrected chi connectivity index (χ0v) is 15.7. The van der Waals surface area contributed by atoms with E-state index in [1.165, 1.54) is 18.7 Å². The van der Waals surface area contributed by atoms with Gasteiger partial charge in [-0.05, 0) is 67.3 Å². The van der Waals surface area contributed by atoms with Crippen molar-refractivity contribution in [3.05, 3.63) is 65.2 Å². The summed E-state index contributed by atoms with van der Waals surface area (Å²) < 4.78 is 30.9. The van der Waals surface area contributed by atoms with Crippen LogP contribution in [0.1, 0.15) is 53.9 Å². The normalized spacial score (nSPS) is 19.1. The van der Waals surface area contributed by atoms with Crippen molar-refractivity contribution in [2.24, 2.45) is 5.92 Å². The van der Waals surface area contributed by atoms with Gasteiger partial charge >= 0.3 is 5.97 Å². The van der Waals surface area contributed by atoms with E-state index in [2.05, 4.69) is 5.32 Å². The fourth-order valence-electron chi connectivity index (χ4n) is 3.76. The molecule has 2 aromatic rings. The smallest absolute Gasteiger partial charge is 0.337 e. The third kappa shape index (κ3) is 4.94. The Hall–Kier alpha value is -2.76. The van der Waals surface area contributed by atoms with E-state index < -0.39 is 11.6 Å². The lowest BCUT2D eigenvalue weighted by Crippen LogP contribution is -2.20. The predicted molar refractivity (Wildman–Crippen MR) is 102 cm³/mol. The Morgan fingerprint density at radius 1 is 1.00 bits per heavy atom. The van der Waals surface area contributed by atoms with E-state index in [9.17, 15) is 18.4 Å². The summed E-state index contributed by atoms with van der Waals surface area (Å²) in [5, 5.41) is 2.63. The van der Waals surface area contributed by atoms with E-state index in [1.54, 1.807) is 12.1 Å². The summed E-state index contributed by atoms with van der Waals surface area (Å²) in [5.74, 6) is -1.75. The molecule has 0 aromatic heterocycles. The van der Waals surface area contributed by atoms with Gasteiger partial charge in [-0.25, -0.2) is 13.6 Å². The number of carbonyl (C=O) groups is 2. The molecule has 28 heavy (non-hydrogen) atoms. The monoisotopic (exact) mass is 387 g/mol. The van der Waals surface area contributed by atoms with Crippen LogP contribution < -0.4 is 5.32 Å². The molecule has 0 atom stereocenters. The summed E-state index contributed by atoms with van der Waals surface area (Å²) in [6, 6.07) is 10.8. The molecule has 4 nitrogen and oxygen atoms in total. The van der Waals surface area contributed by atoms with Gasteiger partial charge in [0.05, 0.1) is 12.7 Å². The topological polar surface area (TPSA) is 55.4 Å². The molecule has 0 saturated heterocycles. The lowest BCUT2D eigenvalue weighted by atomic mass is 9.77. The molecule has 1 amide bonds. The van der Waals surface area contributed by atoms with E-state index in [0.29, 0.717) is 17.9 Å². The number of rotatable bonds is 5. The van der Waals surface area contributed by atoms with Gasteiger partial charge in [-0.15, -0.1) is 0 Å². The first-order valence-corrected chi connectivity index (χ1v) is 9.39. The molecule has 6 heteroatoms. The Kier molecular flexibility index (Phi) is 6.39. The minimum absolute atomic E-state index is 0.183. The third-order valence-electron chi connectivity index (χ3n) is 5.33. The van der Waals surface area contributed by atoms with Gasteiger partial charge in [0.2, 0.25) is 5.91 Å². The quantitative estimate of drug-likeness (QED) is 0.730. The average Bonchev–Trinajstić information content (AvgIpc) is 2.71. The number of halogens is 2. The first-order valence-electron chi connectivity index (χ1n) is 9.39. The number of esters is 1. The van der Waals surface area contributed by atoms with Gasteiger partial charge in [0.15, 0.2) is 11.6 Å². The summed E-state index contributed by atoms with van der Waals surface area (Å²) >= 11 is 0. The molecule has 1 N–H and O–H groups in total. The summed E-state index contributed by atoms with van der Waals surface area (Å²) in [6.45, 7) is 0. The number of methoxy groups -OCH3 is 1. The van der Waals surface area contributed by atoms with Crippen molar-refractivity contribution in [3.8, 4) is 0 Å². The Labute approximate surface area is 162 Å². The Bertz CT molecular complexity index is 843. The Morgan fingerprint density at radius 2 is 1.68 bits per heavy atom. The van der Waals surface area contributed by atoms with Gasteiger partial charge in [-0.3, -0.25) is 4.79 Å². The molecule has 0 aliphatic heterocycles. The van der Waals surface area contributed by atoms with Crippen LogP contribution >= 0.6 is 0 Å². The molecule has 148 valence electrons. The van der Waals surface area contributed by atoms with E-state index in [4.69, 9.17) is 4.74 Å². The van der Waals surface area contributed by atoms with Crippen molar-refractivity contribution in [2.45, 2.75) is 38.0 Å². The maximum Gasteiger partial charge on any atom is 0.337 e. The van der Waals surface area contributed by atoms with Crippen molar-refractivity contribution in [1.29, 1.82) is 0 Å². The van der Waals surface area contributed by atoms with Gasteiger partial charge in [0.1, 0.15) is 0 Å². The van der Waals surface area contributed by atoms with Gasteiger partial charge in [0, 0.05) is 18.2 Å². The Morgan fingerprint density at radius 3 is 2.29 bits per heavy atom. The molecule has 2 aromatic carbocycles. The Balaban J connectivity index is 1.49. The summed E-state index contributed by atoms with van der Waals surface area (Å²) in [7, 11) is 1.36. The maximum absolute atomic E-state index is 13.2. The van der Waals surface area contributed by atoms with Crippen LogP contribution in [0, 0.1) is 17.6 Å². The molecule has 1 aliphatic carbocycles. The molecule has 1 saturated carbocycles. The first kappa shape index (κ1) is 20.0. The largest absolute Gasteiger partial charge is 0.465 e. The minimum Gasteiger partial charge on any atom is -0.465 e. The summed E-state index contributed by atoms with van der Waals surface area (Å²) in [4.78, 5) is 23.7. The summed E-state index contributed by atoms with van der Waals surface area (Å²) in [5.41, 5.74) is 1.99. The highest BCUT2D eigenvalue weighted by atomic mass is 19.2. The van der Waals surface area contributed by atoms with Crippen molar-refractivity contribution in [3.63, 3.8) is 0 Å². The average molecular weight is 387 g/mol. The van der Waals surface area contributed by atoms with Gasteiger partial charge in [-0.2, -0.15) is 0 Å². The van der Waals surface area contributed by atoms with Crippen LogP contribution in [-0.4, -0.2) is 19.0 Å². The lowest BCUT2D eigenvalue weighted by molar-refractivity contribution is -0.117. The van der Waals surface area contributed by atoms with E-state index in [1.807, 2.05) is 12.1 Å². The second kappa shape index (κ2) is 8.95. The zero-order chi connectivity index (χ0) is 20.1. The van der Waals surface area contributed by atoms with Crippen LogP contribution in [0.5, 0.6) is 0 Å². The molecular formula is C22H23F2NO3. The van der Waals surface area contributed by atoms with Crippen molar-refractivity contribution >= 4 is 17.6 Å². The molecule has 0 bridgehead atoms. The number of nitrogens with one attached hydrogen (secondary N) is 1. The second-order valence-electron chi connectivity index (χ2n) is 7.21. The molecule has 3 rings (SSSR count). The van der Waals surface area contributed by atoms with E-state index >= 15 is 0 Å². The van der Waals surface area contributed by atoms with Gasteiger partial charge < -0.3 is 10.1 Å². The fraction of sp³-hybridized carbons (Fsp3) is 0.364. The SMILES string of the molecule is COC(=O)c1ccc(C2CCC(CC(=O)Nc3ccc(F)c(F)c3)CC2)cc1. The maximum atomic E-state index is 13.2. The number of anilines is 1. The molecule has 0 spiro atoms. The number of ether oxygens (including phenoxy) is 1. The number of carbonyl (C=O) groups excluding carboxylic acids is 2. The molecular weight excluding hydrogens is 364 g/mol. The molecule has 0 unspecified atom stereocenters. The van der Waals surface area contributed by atoms with Crippen LogP contribution in [0.15, 0.2) is 42.5 Å². The van der Waals surface area contributed by atoms with E-state index in [0.717, 1.165) is 37.8 Å². The zero-order valence-electron chi connectivity index (χ0n) is 15.7. The molecule has 1 aliphatic rings. The van der Waals surface area contributed by atoms with Gasteiger partial charge in [0.25, 0.3) is 0 Å². The molecule has 0 radical (unpaired) electrons. The molecule has 0 heterocycles. The van der Waals surface area contributed by atoms with Crippen LogP contribution in [0.4, 0.5) is 14.5 Å². The third-order valence-corrected chi connectivity index (χ3v) is 5.33. The number of hydrogen-bond acceptors (Lipinski definition) is 3. The summed E-state index contributed by atoms with van der Waals surface area (Å²) in [6.07, 6.45) is 4.16. The van der Waals surface area contributed by atoms with Crippen LogP contribution in [-0.2, 0) is 9.53 Å². The highest BCUT2D eigenvalue weighted by Gasteiger charge is 2.24. The van der Waals surface area contributed by atoms with Gasteiger partial charge in [-0.1, -0.05) is 12.1 Å². The van der Waals surface area contributed by atoms with Crippen LogP contribution in [0.25, 0.3) is 0 Å². The standard InChI is InChI=1S/C22H23F2NO3/c1-28-22(27)17-8-6-16(7-9-17)15-4-2-14(3-5-15)12-21(26)25-18-10-11-19(23)20(24)13-18/h6-11,13-15H,2-5,12H2,1H3,(H,25,26). The van der Waals surface area contributed by atoms with Crippen molar-refractivity contribution in [1.82, 2.24) is 0 Å². The fourth-order valence-corrected chi connectivity index (χ4v) is 3.76. The predicted octanol–water partition coefficient (Wildman–Crippen LogP) is 5.05. The number of benzene rings is 2. The van der Waals surface area contributed by atoms with E-state index in [-0.39, 0.29) is 23.5 Å². The number of hydrogen-bond donors (Lipinski definition) is 1. The first-order chi connectivity index (χ1) is 13.5. The second-order valence-corrected chi connectivity index (χ2v) is 7.21. The van der Waals surface area contributed by atoms with Crippen LogP contribution in [0.3, 0.4) is 0 Å². The van der Waals surface area contributed by atoms with Crippen molar-refractivity contribution in [2.75, 3.05) is 12.4 Å². The highest BCUT2D eigenvalue weighted by molar-refractivity contribution is 5.91. The number of amides is 1. The minimum atomic E-state index is -0.975. The van der Waals surface area contributed by atoms with Crippen LogP contribution in [0.2, 0.25) is 0 Å². The highest BCUT2D eigenvalue weighted by Crippen LogP contribution is 2.37. The lowest BCUT2D eigenvalue weighted by Gasteiger charge is -2.28.